The molecule has 0 aliphatic rings. The highest BCUT2D eigenvalue weighted by molar-refractivity contribution is 6.24. The average molecular weight is 325 g/mol. The van der Waals surface area contributed by atoms with Crippen LogP contribution in [-0.2, 0) is 0 Å². The molecule has 0 aromatic heterocycles. The Kier molecular flexibility index (Phi) is 141. The van der Waals surface area contributed by atoms with E-state index in [1.165, 1.54) is 0 Å². The van der Waals surface area contributed by atoms with Crippen LogP contribution in [0.5, 0.6) is 0 Å². The molecule has 0 aromatic rings. The predicted molar refractivity (Wildman–Crippen MR) is 41.1 cm³/mol. The third kappa shape index (κ3) is 34300. The molecule has 0 spiro atoms. The molecule has 0 radical (unpaired) electrons. The van der Waals surface area contributed by atoms with Gasteiger partial charge in [-0.15, -0.1) is 0 Å². The van der Waals surface area contributed by atoms with Gasteiger partial charge >= 0.3 is 0 Å². The van der Waals surface area contributed by atoms with E-state index >= 15 is 0 Å². The van der Waals surface area contributed by atoms with E-state index in [0.29, 0.717) is 0 Å². The van der Waals surface area contributed by atoms with E-state index in [4.69, 9.17) is 60.3 Å². The lowest BCUT2D eigenvalue weighted by atomic mass is 10.3. The van der Waals surface area contributed by atoms with Crippen LogP contribution in [-0.4, -0.2) is 56.7 Å². The quantitative estimate of drug-likeness (QED) is 0.374. The van der Waals surface area contributed by atoms with E-state index in [9.17, 15) is 0 Å². The second-order valence-corrected chi connectivity index (χ2v) is 1.15. The van der Waals surface area contributed by atoms with E-state index in [2.05, 4.69) is 0 Å². The van der Waals surface area contributed by atoms with Gasteiger partial charge in [-0.05, 0) is 0 Å². The van der Waals surface area contributed by atoms with E-state index in [1.54, 1.807) is 0 Å². The van der Waals surface area contributed by atoms with Crippen LogP contribution in [0.4, 0.5) is 0 Å². The Morgan fingerprint density at radius 2 is 0.238 bits per heavy atom. The van der Waals surface area contributed by atoms with E-state index in [-0.39, 0.29) is 27.4 Å². The van der Waals surface area contributed by atoms with Gasteiger partial charge in [0.15, 0.2) is 0 Å². The van der Waals surface area contributed by atoms with E-state index in [1.807, 2.05) is 0 Å². The van der Waals surface area contributed by atoms with Crippen molar-refractivity contribution in [1.82, 2.24) is 0 Å². The Morgan fingerprint density at radius 1 is 0.238 bits per heavy atom. The molecular formula is H10B4O17-12. The van der Waals surface area contributed by atoms with Crippen LogP contribution in [0.3, 0.4) is 0 Å². The fourth-order valence-electron chi connectivity index (χ4n) is 0. The van der Waals surface area contributed by atoms with Gasteiger partial charge < -0.3 is 87.7 Å². The largest absolute Gasteiger partial charge is 0.907 e. The summed E-state index contributed by atoms with van der Waals surface area (Å²) in [5, 5.41) is 101. The number of rotatable bonds is 0. The van der Waals surface area contributed by atoms with Crippen LogP contribution in [0.1, 0.15) is 0 Å². The third-order valence-electron chi connectivity index (χ3n) is 0. The Morgan fingerprint density at radius 3 is 0.238 bits per heavy atom. The van der Waals surface area contributed by atoms with Crippen molar-refractivity contribution in [2.45, 2.75) is 0 Å². The van der Waals surface area contributed by atoms with Crippen molar-refractivity contribution in [3.05, 3.63) is 0 Å². The zero-order valence-electron chi connectivity index (χ0n) is 9.71. The highest BCUT2D eigenvalue weighted by atomic mass is 16.5. The molecule has 0 heterocycles. The zero-order chi connectivity index (χ0) is 14.3. The standard InChI is InChI=1S/4BO3.5H2O/c4*2-1(3)4;;;;;/h;;;;5*1H2/q4*-3;;;;;. The predicted octanol–water partition coefficient (Wildman–Crippen LogP) is -19.9. The van der Waals surface area contributed by atoms with E-state index < -0.39 is 29.3 Å². The highest BCUT2D eigenvalue weighted by Crippen LogP contribution is 1.00. The van der Waals surface area contributed by atoms with Gasteiger partial charge in [-0.1, -0.05) is 0 Å². The summed E-state index contributed by atoms with van der Waals surface area (Å²) >= 11 is 0. The minimum absolute atomic E-state index is 0. The zero-order valence-corrected chi connectivity index (χ0v) is 9.71. The summed E-state index contributed by atoms with van der Waals surface area (Å²) in [6.45, 7) is 0. The lowest BCUT2D eigenvalue weighted by molar-refractivity contribution is -0.481. The SMILES string of the molecule is O.O.O.O.O.[O-]B([O-])[O-].[O-]B([O-])[O-].[O-]B([O-])[O-].[O-]B([O-])[O-]. The van der Waals surface area contributed by atoms with Gasteiger partial charge in [0, 0.05) is 0 Å². The van der Waals surface area contributed by atoms with Gasteiger partial charge in [0.25, 0.3) is 0 Å². The monoisotopic (exact) mass is 326 g/mol. The molecule has 0 atom stereocenters. The van der Waals surface area contributed by atoms with Gasteiger partial charge in [-0.2, -0.15) is 0 Å². The molecule has 21 heavy (non-hydrogen) atoms. The van der Waals surface area contributed by atoms with Gasteiger partial charge in [0.2, 0.25) is 0 Å². The van der Waals surface area contributed by atoms with Crippen LogP contribution >= 0.6 is 0 Å². The van der Waals surface area contributed by atoms with Gasteiger partial charge in [0.05, 0.1) is 0 Å². The molecule has 0 rings (SSSR count). The van der Waals surface area contributed by atoms with Crippen LogP contribution < -0.4 is 60.3 Å². The Balaban J connectivity index is -0.0000000121. The molecule has 17 nitrogen and oxygen atoms in total. The summed E-state index contributed by atoms with van der Waals surface area (Å²) in [5.74, 6) is 0. The fraction of sp³-hybridized carbons (Fsp3) is 0. The lowest BCUT2D eigenvalue weighted by Crippen LogP contribution is -2.56. The molecular weight excluding hydrogens is 315 g/mol. The minimum Gasteiger partial charge on any atom is -0.907 e. The molecule has 0 aromatic carbocycles. The number of hydrogen-bond donors (Lipinski definition) is 0. The lowest BCUT2D eigenvalue weighted by Gasteiger charge is -2.35. The highest BCUT2D eigenvalue weighted by Gasteiger charge is 1.18. The summed E-state index contributed by atoms with van der Waals surface area (Å²) in [6.07, 6.45) is 0. The summed E-state index contributed by atoms with van der Waals surface area (Å²) in [7, 11) is -11.7. The Bertz CT molecular complexity index is 57.8. The van der Waals surface area contributed by atoms with Gasteiger partial charge in [-0.25, -0.2) is 0 Å². The molecule has 0 unspecified atom stereocenters. The maximum absolute atomic E-state index is 8.42. The van der Waals surface area contributed by atoms with Gasteiger partial charge in [0.1, 0.15) is 0 Å². The van der Waals surface area contributed by atoms with Crippen molar-refractivity contribution in [2.75, 3.05) is 0 Å². The van der Waals surface area contributed by atoms with Crippen LogP contribution in [0, 0.1) is 0 Å². The molecule has 0 bridgehead atoms. The molecule has 10 N–H and O–H groups in total. The molecule has 0 amide bonds. The Hall–Kier alpha value is -0.420. The Labute approximate surface area is 118 Å². The average Bonchev–Trinajstić information content (AvgIpc) is 1.76. The summed E-state index contributed by atoms with van der Waals surface area (Å²) in [6, 6.07) is 0. The normalized spacial score (nSPS) is 5.14. The first-order valence-electron chi connectivity index (χ1n) is 2.83. The fourth-order valence-corrected chi connectivity index (χ4v) is 0. The summed E-state index contributed by atoms with van der Waals surface area (Å²) in [5.41, 5.74) is 0. The number of hydrogen-bond acceptors (Lipinski definition) is 12. The van der Waals surface area contributed by atoms with Crippen molar-refractivity contribution < 1.29 is 87.7 Å². The topological polar surface area (TPSA) is 434 Å². The smallest absolute Gasteiger partial charge is 0.278 e. The molecule has 0 aliphatic carbocycles. The molecule has 0 aliphatic heterocycles. The van der Waals surface area contributed by atoms with Crippen molar-refractivity contribution >= 4 is 29.3 Å². The second-order valence-electron chi connectivity index (χ2n) is 1.15. The molecule has 0 saturated carbocycles. The van der Waals surface area contributed by atoms with Crippen LogP contribution in [0.25, 0.3) is 0 Å². The third-order valence-corrected chi connectivity index (χ3v) is 0. The molecule has 0 saturated heterocycles. The first-order valence-corrected chi connectivity index (χ1v) is 2.83. The second kappa shape index (κ2) is 50.4. The molecule has 136 valence electrons. The first-order chi connectivity index (χ1) is 6.93. The maximum atomic E-state index is 8.42. The summed E-state index contributed by atoms with van der Waals surface area (Å²) in [4.78, 5) is 0. The van der Waals surface area contributed by atoms with Crippen molar-refractivity contribution in [3.8, 4) is 0 Å². The van der Waals surface area contributed by atoms with Crippen LogP contribution in [0.15, 0.2) is 0 Å². The van der Waals surface area contributed by atoms with Crippen LogP contribution in [0.2, 0.25) is 0 Å². The van der Waals surface area contributed by atoms with Gasteiger partial charge in [-0.3, -0.25) is 29.3 Å². The van der Waals surface area contributed by atoms with E-state index in [0.717, 1.165) is 0 Å². The first kappa shape index (κ1) is 58.8. The van der Waals surface area contributed by atoms with Crippen molar-refractivity contribution in [1.29, 1.82) is 0 Å². The van der Waals surface area contributed by atoms with Crippen molar-refractivity contribution in [3.63, 3.8) is 0 Å². The molecule has 21 heteroatoms. The minimum atomic E-state index is -2.92. The summed E-state index contributed by atoms with van der Waals surface area (Å²) < 4.78 is 0. The maximum Gasteiger partial charge on any atom is -0.278 e. The van der Waals surface area contributed by atoms with Crippen molar-refractivity contribution in [2.24, 2.45) is 0 Å². The molecule has 0 fully saturated rings.